The average molecular weight is 296 g/mol. The van der Waals surface area contributed by atoms with E-state index in [1.807, 2.05) is 23.9 Å². The van der Waals surface area contributed by atoms with E-state index in [1.54, 1.807) is 5.56 Å². The number of hydrogen-bond donors (Lipinski definition) is 0. The normalized spacial score (nSPS) is 20.9. The highest BCUT2D eigenvalue weighted by molar-refractivity contribution is 7.99. The molecule has 4 rings (SSSR count). The highest BCUT2D eigenvalue weighted by Gasteiger charge is 2.35. The van der Waals surface area contributed by atoms with Crippen molar-refractivity contribution in [2.24, 2.45) is 5.92 Å². The van der Waals surface area contributed by atoms with E-state index < -0.39 is 0 Å². The molecule has 1 atom stereocenters. The van der Waals surface area contributed by atoms with Gasteiger partial charge in [0.2, 0.25) is 0 Å². The molecule has 0 N–H and O–H groups in total. The zero-order valence-electron chi connectivity index (χ0n) is 12.3. The maximum absolute atomic E-state index is 6.02. The van der Waals surface area contributed by atoms with Crippen molar-refractivity contribution < 1.29 is 4.74 Å². The molecular weight excluding hydrogens is 276 g/mol. The van der Waals surface area contributed by atoms with Gasteiger partial charge in [-0.3, -0.25) is 0 Å². The lowest BCUT2D eigenvalue weighted by Crippen LogP contribution is -2.09. The number of aryl methyl sites for hydroxylation is 1. The number of thioether (sulfide) groups is 1. The van der Waals surface area contributed by atoms with E-state index in [2.05, 4.69) is 37.3 Å². The summed E-state index contributed by atoms with van der Waals surface area (Å²) in [7, 11) is 0. The Bertz CT molecular complexity index is 660. The average Bonchev–Trinajstić information content (AvgIpc) is 3.31. The van der Waals surface area contributed by atoms with Gasteiger partial charge in [-0.15, -0.1) is 11.8 Å². The van der Waals surface area contributed by atoms with Gasteiger partial charge in [-0.1, -0.05) is 18.2 Å². The lowest BCUT2D eigenvalue weighted by Gasteiger charge is -2.25. The fraction of sp³-hybridized carbons (Fsp3) is 0.368. The Kier molecular flexibility index (Phi) is 3.42. The van der Waals surface area contributed by atoms with Gasteiger partial charge in [0.25, 0.3) is 0 Å². The van der Waals surface area contributed by atoms with E-state index in [0.717, 1.165) is 23.3 Å². The van der Waals surface area contributed by atoms with E-state index in [4.69, 9.17) is 4.74 Å². The molecule has 0 spiro atoms. The summed E-state index contributed by atoms with van der Waals surface area (Å²) < 4.78 is 6.02. The molecule has 0 radical (unpaired) electrons. The van der Waals surface area contributed by atoms with Crippen LogP contribution in [0.25, 0.3) is 0 Å². The molecule has 0 aromatic heterocycles. The van der Waals surface area contributed by atoms with Crippen LogP contribution in [0.1, 0.15) is 36.3 Å². The van der Waals surface area contributed by atoms with E-state index in [0.29, 0.717) is 0 Å². The molecule has 1 nitrogen and oxygen atoms in total. The Labute approximate surface area is 130 Å². The van der Waals surface area contributed by atoms with Crippen LogP contribution in [-0.2, 0) is 0 Å². The molecule has 1 aliphatic heterocycles. The molecule has 0 bridgehead atoms. The first-order valence-electron chi connectivity index (χ1n) is 7.81. The molecule has 1 heterocycles. The van der Waals surface area contributed by atoms with Crippen LogP contribution in [0.3, 0.4) is 0 Å². The zero-order valence-corrected chi connectivity index (χ0v) is 13.2. The summed E-state index contributed by atoms with van der Waals surface area (Å²) in [6.45, 7) is 2.09. The molecule has 2 heteroatoms. The number of rotatable bonds is 3. The SMILES string of the molecule is Cc1cccc(Oc2ccc3c(c2)SCCC3C2CC2)c1. The van der Waals surface area contributed by atoms with Crippen LogP contribution in [0.5, 0.6) is 11.5 Å². The summed E-state index contributed by atoms with van der Waals surface area (Å²) in [5, 5.41) is 0. The monoisotopic (exact) mass is 296 g/mol. The molecule has 0 amide bonds. The van der Waals surface area contributed by atoms with Crippen LogP contribution in [0.4, 0.5) is 0 Å². The fourth-order valence-electron chi connectivity index (χ4n) is 3.26. The number of fused-ring (bicyclic) bond motifs is 1. The van der Waals surface area contributed by atoms with E-state index in [9.17, 15) is 0 Å². The van der Waals surface area contributed by atoms with Crippen LogP contribution in [0.15, 0.2) is 47.4 Å². The Morgan fingerprint density at radius 1 is 1.00 bits per heavy atom. The fourth-order valence-corrected chi connectivity index (χ4v) is 4.44. The Morgan fingerprint density at radius 2 is 1.86 bits per heavy atom. The predicted octanol–water partition coefficient (Wildman–Crippen LogP) is 5.78. The van der Waals surface area contributed by atoms with Crippen LogP contribution in [-0.4, -0.2) is 5.75 Å². The molecule has 1 fully saturated rings. The van der Waals surface area contributed by atoms with Gasteiger partial charge in [-0.05, 0) is 79.2 Å². The molecule has 108 valence electrons. The third kappa shape index (κ3) is 2.82. The minimum atomic E-state index is 0.800. The summed E-state index contributed by atoms with van der Waals surface area (Å²) in [5.41, 5.74) is 2.79. The van der Waals surface area contributed by atoms with Crippen LogP contribution in [0.2, 0.25) is 0 Å². The second-order valence-corrected chi connectivity index (χ2v) is 7.34. The second-order valence-electron chi connectivity index (χ2n) is 6.20. The van der Waals surface area contributed by atoms with Crippen molar-refractivity contribution in [2.75, 3.05) is 5.75 Å². The van der Waals surface area contributed by atoms with Crippen molar-refractivity contribution in [2.45, 2.75) is 37.0 Å². The lowest BCUT2D eigenvalue weighted by atomic mass is 9.91. The molecule has 1 saturated carbocycles. The summed E-state index contributed by atoms with van der Waals surface area (Å²) in [6, 6.07) is 14.9. The number of hydrogen-bond acceptors (Lipinski definition) is 2. The topological polar surface area (TPSA) is 9.23 Å². The van der Waals surface area contributed by atoms with Crippen LogP contribution < -0.4 is 4.74 Å². The Balaban J connectivity index is 1.60. The van der Waals surface area contributed by atoms with Gasteiger partial charge in [0.15, 0.2) is 0 Å². The Hall–Kier alpha value is -1.41. The van der Waals surface area contributed by atoms with Crippen molar-refractivity contribution >= 4 is 11.8 Å². The minimum absolute atomic E-state index is 0.800. The lowest BCUT2D eigenvalue weighted by molar-refractivity contribution is 0.478. The van der Waals surface area contributed by atoms with Crippen LogP contribution >= 0.6 is 11.8 Å². The van der Waals surface area contributed by atoms with E-state index in [1.165, 1.54) is 35.5 Å². The molecule has 1 unspecified atom stereocenters. The highest BCUT2D eigenvalue weighted by Crippen LogP contribution is 2.50. The minimum Gasteiger partial charge on any atom is -0.457 e. The zero-order chi connectivity index (χ0) is 14.2. The first-order valence-corrected chi connectivity index (χ1v) is 8.79. The molecule has 2 aliphatic rings. The van der Waals surface area contributed by atoms with Gasteiger partial charge < -0.3 is 4.74 Å². The maximum atomic E-state index is 6.02. The van der Waals surface area contributed by atoms with E-state index >= 15 is 0 Å². The maximum Gasteiger partial charge on any atom is 0.128 e. The molecule has 1 aliphatic carbocycles. The number of ether oxygens (including phenoxy) is 1. The third-order valence-corrected chi connectivity index (χ3v) is 5.59. The van der Waals surface area contributed by atoms with Crippen molar-refractivity contribution in [1.29, 1.82) is 0 Å². The molecule has 0 saturated heterocycles. The van der Waals surface area contributed by atoms with Gasteiger partial charge >= 0.3 is 0 Å². The van der Waals surface area contributed by atoms with Gasteiger partial charge in [0.1, 0.15) is 11.5 Å². The summed E-state index contributed by atoms with van der Waals surface area (Å²) in [4.78, 5) is 1.43. The molecule has 2 aromatic rings. The quantitative estimate of drug-likeness (QED) is 0.710. The third-order valence-electron chi connectivity index (χ3n) is 4.49. The highest BCUT2D eigenvalue weighted by atomic mass is 32.2. The first kappa shape index (κ1) is 13.3. The first-order chi connectivity index (χ1) is 10.3. The van der Waals surface area contributed by atoms with Gasteiger partial charge in [0, 0.05) is 4.90 Å². The van der Waals surface area contributed by atoms with Crippen molar-refractivity contribution in [1.82, 2.24) is 0 Å². The summed E-state index contributed by atoms with van der Waals surface area (Å²) in [5.74, 6) is 4.89. The van der Waals surface area contributed by atoms with Gasteiger partial charge in [0.05, 0.1) is 0 Å². The van der Waals surface area contributed by atoms with Crippen LogP contribution in [0, 0.1) is 12.8 Å². The molecular formula is C19H20OS. The van der Waals surface area contributed by atoms with Crippen molar-refractivity contribution in [3.63, 3.8) is 0 Å². The summed E-state index contributed by atoms with van der Waals surface area (Å²) in [6.07, 6.45) is 4.20. The van der Waals surface area contributed by atoms with E-state index in [-0.39, 0.29) is 0 Å². The second kappa shape index (κ2) is 5.42. The number of benzene rings is 2. The predicted molar refractivity (Wildman–Crippen MR) is 88.5 cm³/mol. The Morgan fingerprint density at radius 3 is 2.67 bits per heavy atom. The van der Waals surface area contributed by atoms with Crippen molar-refractivity contribution in [3.8, 4) is 11.5 Å². The molecule has 21 heavy (non-hydrogen) atoms. The largest absolute Gasteiger partial charge is 0.457 e. The smallest absolute Gasteiger partial charge is 0.128 e. The standard InChI is InChI=1S/C19H20OS/c1-13-3-2-4-15(11-13)20-16-7-8-18-17(14-5-6-14)9-10-21-19(18)12-16/h2-4,7-8,11-12,14,17H,5-6,9-10H2,1H3. The molecule has 2 aromatic carbocycles. The van der Waals surface area contributed by atoms with Crippen molar-refractivity contribution in [3.05, 3.63) is 53.6 Å². The van der Waals surface area contributed by atoms with Gasteiger partial charge in [-0.2, -0.15) is 0 Å². The summed E-state index contributed by atoms with van der Waals surface area (Å²) >= 11 is 1.99. The van der Waals surface area contributed by atoms with Gasteiger partial charge in [-0.25, -0.2) is 0 Å².